The molecule has 38 heavy (non-hydrogen) atoms. The van der Waals surface area contributed by atoms with Gasteiger partial charge in [-0.15, -0.1) is 0 Å². The van der Waals surface area contributed by atoms with Crippen LogP contribution in [0.4, 0.5) is 14.5 Å². The lowest BCUT2D eigenvalue weighted by atomic mass is 10.0. The number of fused-ring (bicyclic) bond motifs is 1. The molecule has 0 bridgehead atoms. The molecule has 2 heterocycles. The lowest BCUT2D eigenvalue weighted by Crippen LogP contribution is -2.35. The van der Waals surface area contributed by atoms with E-state index in [0.717, 1.165) is 24.3 Å². The molecule has 3 N–H and O–H groups in total. The number of amides is 1. The third-order valence-corrected chi connectivity index (χ3v) is 8.24. The second kappa shape index (κ2) is 9.35. The molecule has 0 radical (unpaired) electrons. The van der Waals surface area contributed by atoms with Crippen LogP contribution in [0, 0.1) is 23.8 Å². The van der Waals surface area contributed by atoms with Crippen molar-refractivity contribution in [3.63, 3.8) is 0 Å². The molecule has 2 aromatic carbocycles. The van der Waals surface area contributed by atoms with E-state index in [0.29, 0.717) is 12.8 Å². The van der Waals surface area contributed by atoms with E-state index < -0.39 is 50.1 Å². The number of aryl methyl sites for hydroxylation is 1. The van der Waals surface area contributed by atoms with Crippen molar-refractivity contribution in [2.45, 2.75) is 31.6 Å². The Balaban J connectivity index is 1.82. The van der Waals surface area contributed by atoms with Gasteiger partial charge in [0.2, 0.25) is 10.0 Å². The molecule has 0 saturated heterocycles. The molecular weight excluding hydrogens is 522 g/mol. The number of nitrogens with one attached hydrogen (secondary N) is 2. The molecule has 1 aliphatic carbocycles. The molecule has 1 fully saturated rings. The van der Waals surface area contributed by atoms with Crippen molar-refractivity contribution in [3.05, 3.63) is 92.7 Å². The number of pyridine rings is 1. The fourth-order valence-corrected chi connectivity index (χ4v) is 5.66. The van der Waals surface area contributed by atoms with E-state index in [1.165, 1.54) is 35.9 Å². The Morgan fingerprint density at radius 2 is 1.95 bits per heavy atom. The minimum absolute atomic E-state index is 0.00606. The van der Waals surface area contributed by atoms with Gasteiger partial charge in [-0.25, -0.2) is 21.9 Å². The molecule has 2 aromatic heterocycles. The number of halogens is 2. The second-order valence-electron chi connectivity index (χ2n) is 9.07. The molecule has 1 aliphatic rings. The summed E-state index contributed by atoms with van der Waals surface area (Å²) in [5, 5.41) is 19.7. The van der Waals surface area contributed by atoms with E-state index in [9.17, 15) is 37.2 Å². The Bertz CT molecular complexity index is 1760. The largest absolute Gasteiger partial charge is 0.733 e. The average Bonchev–Trinajstić information content (AvgIpc) is 3.67. The molecule has 198 valence electrons. The number of carbonyl (C=O) groups is 1. The SMILES string of the molecule is Cc1cc2c(-c3ccc[nH]c3=O)c(C(=O)NS(=O)(=O)C3CC3)n(Cc3cc(N([O-])O)ccc3F)c2cc1F. The number of aromatic amines is 1. The van der Waals surface area contributed by atoms with Crippen LogP contribution in [0.1, 0.15) is 34.5 Å². The topological polar surface area (TPSA) is 148 Å². The Kier molecular flexibility index (Phi) is 6.29. The maximum atomic E-state index is 14.8. The van der Waals surface area contributed by atoms with Crippen molar-refractivity contribution in [1.82, 2.24) is 14.3 Å². The van der Waals surface area contributed by atoms with E-state index in [4.69, 9.17) is 0 Å². The maximum absolute atomic E-state index is 14.8. The molecule has 0 spiro atoms. The van der Waals surface area contributed by atoms with E-state index in [1.807, 2.05) is 4.72 Å². The number of hydrogen-bond acceptors (Lipinski definition) is 7. The summed E-state index contributed by atoms with van der Waals surface area (Å²) in [5.74, 6) is -2.55. The van der Waals surface area contributed by atoms with Crippen LogP contribution in [0.3, 0.4) is 0 Å². The van der Waals surface area contributed by atoms with Crippen LogP contribution < -0.4 is 15.5 Å². The van der Waals surface area contributed by atoms with Gasteiger partial charge in [0.15, 0.2) is 0 Å². The van der Waals surface area contributed by atoms with Gasteiger partial charge in [-0.05, 0) is 67.8 Å². The highest BCUT2D eigenvalue weighted by molar-refractivity contribution is 7.91. The van der Waals surface area contributed by atoms with Gasteiger partial charge in [0.05, 0.1) is 23.0 Å². The highest BCUT2D eigenvalue weighted by atomic mass is 32.2. The van der Waals surface area contributed by atoms with Gasteiger partial charge in [0, 0.05) is 28.3 Å². The van der Waals surface area contributed by atoms with Gasteiger partial charge in [-0.2, -0.15) is 0 Å². The highest BCUT2D eigenvalue weighted by Crippen LogP contribution is 2.37. The van der Waals surface area contributed by atoms with Crippen LogP contribution in [-0.2, 0) is 16.6 Å². The number of hydrogen-bond donors (Lipinski definition) is 3. The zero-order valence-corrected chi connectivity index (χ0v) is 20.7. The summed E-state index contributed by atoms with van der Waals surface area (Å²) in [5.41, 5.74) is -1.08. The van der Waals surface area contributed by atoms with Crippen LogP contribution in [0.5, 0.6) is 0 Å². The standard InChI is InChI=1S/C25H21F2N4O6S/c1-13-9-18-21(11-20(13)27)30(12-14-10-15(31(34)35)4-7-19(14)26)23(22(18)17-3-2-8-28-24(17)32)25(33)29-38(36,37)16-5-6-16/h2-4,7-11,16,34H,5-6,12H2,1H3,(H,28,32)(H,29,33)/q-1. The van der Waals surface area contributed by atoms with Crippen molar-refractivity contribution in [1.29, 1.82) is 0 Å². The molecular formula is C25H21F2N4O6S-. The van der Waals surface area contributed by atoms with Gasteiger partial charge in [-0.3, -0.25) is 14.8 Å². The van der Waals surface area contributed by atoms with Crippen LogP contribution in [0.2, 0.25) is 0 Å². The molecule has 10 nitrogen and oxygen atoms in total. The molecule has 0 unspecified atom stereocenters. The Morgan fingerprint density at radius 3 is 2.61 bits per heavy atom. The minimum Gasteiger partial charge on any atom is -0.733 e. The van der Waals surface area contributed by atoms with Crippen molar-refractivity contribution < 1.29 is 27.2 Å². The molecule has 5 rings (SSSR count). The van der Waals surface area contributed by atoms with Gasteiger partial charge < -0.3 is 20.0 Å². The van der Waals surface area contributed by atoms with Gasteiger partial charge >= 0.3 is 0 Å². The zero-order valence-electron chi connectivity index (χ0n) is 19.9. The van der Waals surface area contributed by atoms with Gasteiger partial charge in [-0.1, -0.05) is 0 Å². The van der Waals surface area contributed by atoms with Gasteiger partial charge in [0.1, 0.15) is 17.3 Å². The van der Waals surface area contributed by atoms with Gasteiger partial charge in [0.25, 0.3) is 11.5 Å². The fraction of sp³-hybridized carbons (Fsp3) is 0.200. The van der Waals surface area contributed by atoms with Crippen molar-refractivity contribution in [2.24, 2.45) is 0 Å². The first-order valence-electron chi connectivity index (χ1n) is 11.5. The highest BCUT2D eigenvalue weighted by Gasteiger charge is 2.38. The van der Waals surface area contributed by atoms with Crippen LogP contribution >= 0.6 is 0 Å². The Morgan fingerprint density at radius 1 is 1.21 bits per heavy atom. The lowest BCUT2D eigenvalue weighted by Gasteiger charge is -2.22. The Hall–Kier alpha value is -4.07. The summed E-state index contributed by atoms with van der Waals surface area (Å²) in [7, 11) is -4.04. The van der Waals surface area contributed by atoms with Crippen LogP contribution in [-0.4, -0.2) is 34.3 Å². The monoisotopic (exact) mass is 543 g/mol. The summed E-state index contributed by atoms with van der Waals surface area (Å²) in [6.07, 6.45) is 2.13. The van der Waals surface area contributed by atoms with Crippen LogP contribution in [0.25, 0.3) is 22.0 Å². The minimum atomic E-state index is -4.04. The molecule has 4 aromatic rings. The van der Waals surface area contributed by atoms with Crippen LogP contribution in [0.15, 0.2) is 53.5 Å². The first-order chi connectivity index (χ1) is 18.0. The number of anilines is 1. The first kappa shape index (κ1) is 25.6. The first-order valence-corrected chi connectivity index (χ1v) is 13.0. The normalized spacial score (nSPS) is 13.6. The third kappa shape index (κ3) is 4.55. The molecule has 1 saturated carbocycles. The average molecular weight is 544 g/mol. The van der Waals surface area contributed by atoms with E-state index >= 15 is 0 Å². The smallest absolute Gasteiger partial charge is 0.282 e. The third-order valence-electron chi connectivity index (χ3n) is 6.42. The van der Waals surface area contributed by atoms with Crippen molar-refractivity contribution >= 4 is 32.5 Å². The molecule has 1 amide bonds. The number of rotatable bonds is 7. The summed E-state index contributed by atoms with van der Waals surface area (Å²) in [6, 6.07) is 8.45. The zero-order chi connectivity index (χ0) is 27.4. The summed E-state index contributed by atoms with van der Waals surface area (Å²) < 4.78 is 58.2. The van der Waals surface area contributed by atoms with E-state index in [1.54, 1.807) is 0 Å². The predicted molar refractivity (Wildman–Crippen MR) is 135 cm³/mol. The Labute approximate surface area is 214 Å². The van der Waals surface area contributed by atoms with E-state index in [-0.39, 0.29) is 44.5 Å². The number of aromatic nitrogens is 2. The molecule has 0 atom stereocenters. The van der Waals surface area contributed by atoms with E-state index in [2.05, 4.69) is 4.98 Å². The van der Waals surface area contributed by atoms with Crippen molar-refractivity contribution in [3.8, 4) is 11.1 Å². The number of sulfonamides is 1. The molecule has 13 heteroatoms. The summed E-state index contributed by atoms with van der Waals surface area (Å²) in [6.45, 7) is 1.01. The summed E-state index contributed by atoms with van der Waals surface area (Å²) in [4.78, 5) is 28.9. The summed E-state index contributed by atoms with van der Waals surface area (Å²) >= 11 is 0. The number of carbonyl (C=O) groups excluding carboxylic acids is 1. The molecule has 0 aliphatic heterocycles. The number of nitrogens with zero attached hydrogens (tertiary/aromatic N) is 2. The number of H-pyrrole nitrogens is 1. The maximum Gasteiger partial charge on any atom is 0.282 e. The van der Waals surface area contributed by atoms with Crippen molar-refractivity contribution in [2.75, 3.05) is 5.23 Å². The number of benzene rings is 2. The fourth-order valence-electron chi connectivity index (χ4n) is 4.38. The quantitative estimate of drug-likeness (QED) is 0.302. The lowest BCUT2D eigenvalue weighted by molar-refractivity contribution is 0.0973. The predicted octanol–water partition coefficient (Wildman–Crippen LogP) is 3.55. The second-order valence-corrected chi connectivity index (χ2v) is 11.0.